The van der Waals surface area contributed by atoms with Crippen molar-refractivity contribution < 1.29 is 17.6 Å². The summed E-state index contributed by atoms with van der Waals surface area (Å²) < 4.78 is 41.3. The maximum Gasteiger partial charge on any atom is 0.266 e. The summed E-state index contributed by atoms with van der Waals surface area (Å²) in [5.74, 6) is -0.935. The van der Waals surface area contributed by atoms with Crippen molar-refractivity contribution in [2.45, 2.75) is 45.6 Å². The number of hydrogen-bond acceptors (Lipinski definition) is 4. The van der Waals surface area contributed by atoms with Crippen LogP contribution in [0.2, 0.25) is 0 Å². The molecule has 0 unspecified atom stereocenters. The van der Waals surface area contributed by atoms with E-state index in [1.54, 1.807) is 37.3 Å². The summed E-state index contributed by atoms with van der Waals surface area (Å²) in [6.07, 6.45) is 1.66. The van der Waals surface area contributed by atoms with E-state index in [1.807, 2.05) is 45.9 Å². The van der Waals surface area contributed by atoms with Crippen molar-refractivity contribution in [3.63, 3.8) is 0 Å². The smallest absolute Gasteiger partial charge is 0.266 e. The molecule has 1 amide bonds. The fourth-order valence-corrected chi connectivity index (χ4v) is 5.02. The van der Waals surface area contributed by atoms with E-state index < -0.39 is 15.9 Å². The lowest BCUT2D eigenvalue weighted by Crippen LogP contribution is -2.33. The Labute approximate surface area is 207 Å². The monoisotopic (exact) mass is 494 g/mol. The number of carbonyl (C=O) groups is 1. The highest BCUT2D eigenvalue weighted by Crippen LogP contribution is 2.31. The van der Waals surface area contributed by atoms with E-state index in [1.165, 1.54) is 25.2 Å². The van der Waals surface area contributed by atoms with Crippen LogP contribution in [-0.2, 0) is 14.8 Å². The van der Waals surface area contributed by atoms with E-state index in [0.29, 0.717) is 5.56 Å². The van der Waals surface area contributed by atoms with Crippen LogP contribution in [0.4, 0.5) is 10.1 Å². The maximum atomic E-state index is 14.9. The zero-order valence-corrected chi connectivity index (χ0v) is 21.7. The molecular formula is C28H31FN2O3S. The molecule has 0 bridgehead atoms. The normalized spacial score (nSPS) is 12.1. The Morgan fingerprint density at radius 1 is 0.971 bits per heavy atom. The van der Waals surface area contributed by atoms with Gasteiger partial charge in [0.1, 0.15) is 5.82 Å². The number of benzene rings is 3. The van der Waals surface area contributed by atoms with Gasteiger partial charge >= 0.3 is 0 Å². The molecule has 0 saturated heterocycles. The van der Waals surface area contributed by atoms with Crippen LogP contribution in [0.3, 0.4) is 0 Å². The first kappa shape index (κ1) is 26.2. The van der Waals surface area contributed by atoms with Gasteiger partial charge in [0, 0.05) is 29.9 Å². The van der Waals surface area contributed by atoms with Gasteiger partial charge in [0.25, 0.3) is 15.9 Å². The van der Waals surface area contributed by atoms with Gasteiger partial charge in [-0.3, -0.25) is 4.79 Å². The minimum absolute atomic E-state index is 0.0525. The minimum atomic E-state index is -3.96. The van der Waals surface area contributed by atoms with E-state index in [2.05, 4.69) is 5.32 Å². The van der Waals surface area contributed by atoms with Crippen molar-refractivity contribution in [3.05, 3.63) is 88.7 Å². The molecule has 7 heteroatoms. The number of anilines is 1. The number of rotatable bonds is 7. The third kappa shape index (κ3) is 5.80. The maximum absolute atomic E-state index is 14.9. The highest BCUT2D eigenvalue weighted by Gasteiger charge is 2.26. The largest absolute Gasteiger partial charge is 0.383 e. The number of sulfonamides is 1. The molecule has 184 valence electrons. The number of aryl methyl sites for hydroxylation is 2. The zero-order chi connectivity index (χ0) is 25.9. The Morgan fingerprint density at radius 3 is 2.23 bits per heavy atom. The quantitative estimate of drug-likeness (QED) is 0.398. The highest BCUT2D eigenvalue weighted by molar-refractivity contribution is 7.89. The molecule has 0 aliphatic heterocycles. The highest BCUT2D eigenvalue weighted by atomic mass is 32.2. The van der Waals surface area contributed by atoms with Gasteiger partial charge in [-0.2, -0.15) is 0 Å². The standard InChI is InChI=1S/C28H31FN2O3S/c1-18(2)30-23-12-13-25(27(29)17-23)26-16-19(3)22(14-20(26)4)15-21(5)28(32)31(6)35(33,34)24-10-8-7-9-11-24/h7-18,30H,1-6H3. The van der Waals surface area contributed by atoms with Crippen molar-refractivity contribution in [1.82, 2.24) is 4.31 Å². The van der Waals surface area contributed by atoms with E-state index in [9.17, 15) is 17.6 Å². The Morgan fingerprint density at radius 2 is 1.63 bits per heavy atom. The van der Waals surface area contributed by atoms with Gasteiger partial charge in [-0.1, -0.05) is 30.3 Å². The molecule has 5 nitrogen and oxygen atoms in total. The van der Waals surface area contributed by atoms with Gasteiger partial charge < -0.3 is 5.32 Å². The summed E-state index contributed by atoms with van der Waals surface area (Å²) in [6.45, 7) is 9.33. The second-order valence-electron chi connectivity index (χ2n) is 8.94. The number of likely N-dealkylation sites (N-methyl/N-ethyl adjacent to an activating group) is 1. The molecule has 0 atom stereocenters. The van der Waals surface area contributed by atoms with Gasteiger partial charge in [0.2, 0.25) is 0 Å². The number of amides is 1. The summed E-state index contributed by atoms with van der Waals surface area (Å²) in [6, 6.07) is 16.9. The zero-order valence-electron chi connectivity index (χ0n) is 20.9. The lowest BCUT2D eigenvalue weighted by Gasteiger charge is -2.18. The van der Waals surface area contributed by atoms with E-state index >= 15 is 0 Å². The first-order valence-electron chi connectivity index (χ1n) is 11.4. The first-order chi connectivity index (χ1) is 16.4. The summed E-state index contributed by atoms with van der Waals surface area (Å²) in [4.78, 5) is 13.0. The Balaban J connectivity index is 1.91. The van der Waals surface area contributed by atoms with Crippen molar-refractivity contribution in [1.29, 1.82) is 0 Å². The van der Waals surface area contributed by atoms with Crippen molar-refractivity contribution in [3.8, 4) is 11.1 Å². The lowest BCUT2D eigenvalue weighted by molar-refractivity contribution is -0.121. The fourth-order valence-electron chi connectivity index (χ4n) is 3.84. The molecular weight excluding hydrogens is 463 g/mol. The van der Waals surface area contributed by atoms with Gasteiger partial charge in [-0.25, -0.2) is 17.1 Å². The Hall–Kier alpha value is -3.45. The van der Waals surface area contributed by atoms with Gasteiger partial charge in [0.15, 0.2) is 0 Å². The molecule has 35 heavy (non-hydrogen) atoms. The van der Waals surface area contributed by atoms with Gasteiger partial charge in [-0.15, -0.1) is 0 Å². The number of hydrogen-bond donors (Lipinski definition) is 1. The molecule has 3 rings (SSSR count). The molecule has 1 N–H and O–H groups in total. The van der Waals surface area contributed by atoms with Crippen LogP contribution in [0.15, 0.2) is 71.1 Å². The molecule has 0 radical (unpaired) electrons. The third-order valence-corrected chi connectivity index (χ3v) is 7.48. The number of halogens is 1. The topological polar surface area (TPSA) is 66.5 Å². The Bertz CT molecular complexity index is 1380. The third-order valence-electron chi connectivity index (χ3n) is 5.72. The number of nitrogens with zero attached hydrogens (tertiary/aromatic N) is 1. The minimum Gasteiger partial charge on any atom is -0.383 e. The predicted octanol–water partition coefficient (Wildman–Crippen LogP) is 6.18. The second-order valence-corrected chi connectivity index (χ2v) is 10.9. The summed E-state index contributed by atoms with van der Waals surface area (Å²) in [7, 11) is -2.70. The molecule has 3 aromatic rings. The van der Waals surface area contributed by atoms with Crippen LogP contribution in [0.25, 0.3) is 17.2 Å². The van der Waals surface area contributed by atoms with E-state index in [0.717, 1.165) is 32.2 Å². The Kier molecular flexibility index (Phi) is 7.80. The lowest BCUT2D eigenvalue weighted by atomic mass is 9.93. The molecule has 0 aromatic heterocycles. The number of nitrogens with one attached hydrogen (secondary N) is 1. The predicted molar refractivity (Wildman–Crippen MR) is 140 cm³/mol. The van der Waals surface area contributed by atoms with E-state index in [4.69, 9.17) is 0 Å². The summed E-state index contributed by atoms with van der Waals surface area (Å²) in [5.41, 5.74) is 4.71. The van der Waals surface area contributed by atoms with Crippen LogP contribution >= 0.6 is 0 Å². The SMILES string of the molecule is CC(=Cc1cc(C)c(-c2ccc(NC(C)C)cc2F)cc1C)C(=O)N(C)S(=O)(=O)c1ccccc1. The van der Waals surface area contributed by atoms with Crippen molar-refractivity contribution in [2.24, 2.45) is 0 Å². The van der Waals surface area contributed by atoms with Gasteiger partial charge in [-0.05, 0) is 93.3 Å². The summed E-state index contributed by atoms with van der Waals surface area (Å²) >= 11 is 0. The average molecular weight is 495 g/mol. The molecule has 0 aliphatic carbocycles. The molecule has 0 aliphatic rings. The molecule has 3 aromatic carbocycles. The average Bonchev–Trinajstić information content (AvgIpc) is 2.80. The molecule has 0 saturated carbocycles. The van der Waals surface area contributed by atoms with E-state index in [-0.39, 0.29) is 22.3 Å². The first-order valence-corrected chi connectivity index (χ1v) is 12.8. The number of carbonyl (C=O) groups excluding carboxylic acids is 1. The summed E-state index contributed by atoms with van der Waals surface area (Å²) in [5, 5.41) is 3.20. The molecule has 0 heterocycles. The fraction of sp³-hybridized carbons (Fsp3) is 0.250. The molecule has 0 fully saturated rings. The van der Waals surface area contributed by atoms with Crippen LogP contribution in [0.1, 0.15) is 37.5 Å². The van der Waals surface area contributed by atoms with Crippen LogP contribution in [0, 0.1) is 19.7 Å². The second kappa shape index (κ2) is 10.4. The van der Waals surface area contributed by atoms with Crippen LogP contribution in [-0.4, -0.2) is 31.7 Å². The van der Waals surface area contributed by atoms with Crippen molar-refractivity contribution >= 4 is 27.7 Å². The van der Waals surface area contributed by atoms with Crippen LogP contribution in [0.5, 0.6) is 0 Å². The molecule has 0 spiro atoms. The van der Waals surface area contributed by atoms with Crippen molar-refractivity contribution in [2.75, 3.05) is 12.4 Å². The van der Waals surface area contributed by atoms with Gasteiger partial charge in [0.05, 0.1) is 4.90 Å². The van der Waals surface area contributed by atoms with Crippen LogP contribution < -0.4 is 5.32 Å².